The largest absolute Gasteiger partial charge is 0.336 e. The molecule has 30 heavy (non-hydrogen) atoms. The molecule has 0 atom stereocenters. The van der Waals surface area contributed by atoms with Crippen LogP contribution >= 0.6 is 11.3 Å². The number of thiazole rings is 1. The number of carbonyl (C=O) groups excluding carboxylic acids is 3. The molecule has 156 valence electrons. The maximum Gasteiger partial charge on any atom is 0.253 e. The molecule has 7 nitrogen and oxygen atoms in total. The number of anilines is 1. The lowest BCUT2D eigenvalue weighted by molar-refractivity contribution is -0.127. The van der Waals surface area contributed by atoms with E-state index in [1.807, 2.05) is 24.3 Å². The Bertz CT molecular complexity index is 974. The molecule has 8 heteroatoms. The lowest BCUT2D eigenvalue weighted by Gasteiger charge is -2.34. The zero-order chi connectivity index (χ0) is 21.1. The lowest BCUT2D eigenvalue weighted by atomic mass is 10.1. The van der Waals surface area contributed by atoms with E-state index in [4.69, 9.17) is 0 Å². The standard InChI is InChI=1S/C22H24N4O3S/c1-2-19(27)25-8-10-26(11-9-25)21(29)17-5-3-4-15(12-17)13-18-14-23-22(30-18)24-20(28)16-6-7-16/h2-5,12,14,16H,1,6-11,13H2,(H,23,24,28). The number of carbonyl (C=O) groups is 3. The number of nitrogens with one attached hydrogen (secondary N) is 1. The highest BCUT2D eigenvalue weighted by Gasteiger charge is 2.30. The fraction of sp³-hybridized carbons (Fsp3) is 0.364. The summed E-state index contributed by atoms with van der Waals surface area (Å²) in [5.41, 5.74) is 1.66. The maximum atomic E-state index is 12.9. The third-order valence-corrected chi connectivity index (χ3v) is 6.25. The van der Waals surface area contributed by atoms with Gasteiger partial charge in [-0.3, -0.25) is 14.4 Å². The fourth-order valence-corrected chi connectivity index (χ4v) is 4.31. The van der Waals surface area contributed by atoms with Crippen molar-refractivity contribution in [2.45, 2.75) is 19.3 Å². The molecule has 0 unspecified atom stereocenters. The molecule has 1 saturated heterocycles. The molecule has 4 rings (SSSR count). The first-order chi connectivity index (χ1) is 14.5. The minimum atomic E-state index is -0.0960. The van der Waals surface area contributed by atoms with Gasteiger partial charge in [-0.25, -0.2) is 4.98 Å². The number of nitrogens with zero attached hydrogens (tertiary/aromatic N) is 3. The summed E-state index contributed by atoms with van der Waals surface area (Å²) >= 11 is 1.46. The fourth-order valence-electron chi connectivity index (χ4n) is 3.46. The van der Waals surface area contributed by atoms with Crippen LogP contribution in [-0.4, -0.2) is 58.7 Å². The van der Waals surface area contributed by atoms with E-state index in [1.54, 1.807) is 16.0 Å². The van der Waals surface area contributed by atoms with Gasteiger partial charge < -0.3 is 15.1 Å². The zero-order valence-corrected chi connectivity index (χ0v) is 17.5. The molecule has 0 radical (unpaired) electrons. The van der Waals surface area contributed by atoms with Crippen molar-refractivity contribution in [3.63, 3.8) is 0 Å². The minimum Gasteiger partial charge on any atom is -0.336 e. The summed E-state index contributed by atoms with van der Waals surface area (Å²) in [5.74, 6) is 0.0840. The molecule has 1 aliphatic carbocycles. The highest BCUT2D eigenvalue weighted by atomic mass is 32.1. The Morgan fingerprint density at radius 2 is 1.90 bits per heavy atom. The Labute approximate surface area is 179 Å². The van der Waals surface area contributed by atoms with Crippen molar-refractivity contribution in [2.75, 3.05) is 31.5 Å². The Morgan fingerprint density at radius 1 is 1.17 bits per heavy atom. The molecule has 0 spiro atoms. The van der Waals surface area contributed by atoms with Gasteiger partial charge in [0.25, 0.3) is 5.91 Å². The number of hydrogen-bond acceptors (Lipinski definition) is 5. The van der Waals surface area contributed by atoms with Crippen LogP contribution in [-0.2, 0) is 16.0 Å². The van der Waals surface area contributed by atoms with Crippen LogP contribution in [0.1, 0.15) is 33.6 Å². The molecule has 2 heterocycles. The van der Waals surface area contributed by atoms with Gasteiger partial charge in [-0.2, -0.15) is 0 Å². The SMILES string of the molecule is C=CC(=O)N1CCN(C(=O)c2cccc(Cc3cnc(NC(=O)C4CC4)s3)c2)CC1. The van der Waals surface area contributed by atoms with Gasteiger partial charge in [0.05, 0.1) is 0 Å². The van der Waals surface area contributed by atoms with Crippen molar-refractivity contribution in [1.82, 2.24) is 14.8 Å². The van der Waals surface area contributed by atoms with Crippen molar-refractivity contribution < 1.29 is 14.4 Å². The molecule has 2 aliphatic rings. The van der Waals surface area contributed by atoms with Crippen LogP contribution in [0.4, 0.5) is 5.13 Å². The van der Waals surface area contributed by atoms with Crippen molar-refractivity contribution in [3.05, 3.63) is 59.1 Å². The van der Waals surface area contributed by atoms with Crippen LogP contribution in [0.15, 0.2) is 43.1 Å². The summed E-state index contributed by atoms with van der Waals surface area (Å²) < 4.78 is 0. The van der Waals surface area contributed by atoms with E-state index in [9.17, 15) is 14.4 Å². The van der Waals surface area contributed by atoms with Crippen LogP contribution < -0.4 is 5.32 Å². The van der Waals surface area contributed by atoms with Gasteiger partial charge in [0.2, 0.25) is 11.8 Å². The first-order valence-corrected chi connectivity index (χ1v) is 10.9. The number of amides is 3. The van der Waals surface area contributed by atoms with Crippen LogP contribution in [0, 0.1) is 5.92 Å². The molecular weight excluding hydrogens is 400 g/mol. The molecule has 2 fully saturated rings. The molecule has 3 amide bonds. The second-order valence-electron chi connectivity index (χ2n) is 7.59. The van der Waals surface area contributed by atoms with Gasteiger partial charge in [0, 0.05) is 55.2 Å². The second-order valence-corrected chi connectivity index (χ2v) is 8.71. The molecular formula is C22H24N4O3S. The third-order valence-electron chi connectivity index (χ3n) is 5.34. The van der Waals surface area contributed by atoms with Crippen molar-refractivity contribution in [3.8, 4) is 0 Å². The predicted molar refractivity (Wildman–Crippen MR) is 115 cm³/mol. The lowest BCUT2D eigenvalue weighted by Crippen LogP contribution is -2.50. The number of benzene rings is 1. The number of aromatic nitrogens is 1. The zero-order valence-electron chi connectivity index (χ0n) is 16.7. The van der Waals surface area contributed by atoms with Gasteiger partial charge in [0.1, 0.15) is 0 Å². The average Bonchev–Trinajstić information content (AvgIpc) is 3.54. The van der Waals surface area contributed by atoms with E-state index in [2.05, 4.69) is 16.9 Å². The normalized spacial score (nSPS) is 16.3. The number of hydrogen-bond donors (Lipinski definition) is 1. The van der Waals surface area contributed by atoms with Gasteiger partial charge in [0.15, 0.2) is 5.13 Å². The van der Waals surface area contributed by atoms with Crippen LogP contribution in [0.3, 0.4) is 0 Å². The first-order valence-electron chi connectivity index (χ1n) is 10.1. The first kappa shape index (κ1) is 20.3. The molecule has 1 N–H and O–H groups in total. The second kappa shape index (κ2) is 8.79. The highest BCUT2D eigenvalue weighted by molar-refractivity contribution is 7.15. The highest BCUT2D eigenvalue weighted by Crippen LogP contribution is 2.31. The van der Waals surface area contributed by atoms with Crippen LogP contribution in [0.25, 0.3) is 0 Å². The predicted octanol–water partition coefficient (Wildman–Crippen LogP) is 2.55. The van der Waals surface area contributed by atoms with Crippen molar-refractivity contribution in [2.24, 2.45) is 5.92 Å². The van der Waals surface area contributed by atoms with Gasteiger partial charge in [-0.05, 0) is 36.6 Å². The van der Waals surface area contributed by atoms with Crippen LogP contribution in [0.2, 0.25) is 0 Å². The summed E-state index contributed by atoms with van der Waals surface area (Å²) in [7, 11) is 0. The van der Waals surface area contributed by atoms with E-state index in [0.717, 1.165) is 23.3 Å². The number of rotatable bonds is 6. The Balaban J connectivity index is 1.36. The molecule has 1 aromatic carbocycles. The summed E-state index contributed by atoms with van der Waals surface area (Å²) in [5, 5.41) is 3.50. The Morgan fingerprint density at radius 3 is 2.60 bits per heavy atom. The summed E-state index contributed by atoms with van der Waals surface area (Å²) in [6.07, 6.45) is 5.66. The smallest absolute Gasteiger partial charge is 0.253 e. The minimum absolute atomic E-state index is 0.0238. The van der Waals surface area contributed by atoms with E-state index < -0.39 is 0 Å². The summed E-state index contributed by atoms with van der Waals surface area (Å²) in [6, 6.07) is 7.60. The molecule has 1 aromatic heterocycles. The average molecular weight is 425 g/mol. The third kappa shape index (κ3) is 4.76. The van der Waals surface area contributed by atoms with Gasteiger partial charge >= 0.3 is 0 Å². The van der Waals surface area contributed by atoms with E-state index in [-0.39, 0.29) is 23.6 Å². The van der Waals surface area contributed by atoms with E-state index in [1.165, 1.54) is 17.4 Å². The van der Waals surface area contributed by atoms with Gasteiger partial charge in [-0.15, -0.1) is 11.3 Å². The molecule has 1 saturated carbocycles. The van der Waals surface area contributed by atoms with E-state index in [0.29, 0.717) is 43.3 Å². The molecule has 1 aliphatic heterocycles. The monoisotopic (exact) mass is 424 g/mol. The quantitative estimate of drug-likeness (QED) is 0.723. The Kier molecular flexibility index (Phi) is 5.94. The van der Waals surface area contributed by atoms with Crippen LogP contribution in [0.5, 0.6) is 0 Å². The maximum absolute atomic E-state index is 12.9. The summed E-state index contributed by atoms with van der Waals surface area (Å²) in [6.45, 7) is 5.58. The van der Waals surface area contributed by atoms with Crippen molar-refractivity contribution >= 4 is 34.2 Å². The summed E-state index contributed by atoms with van der Waals surface area (Å²) in [4.78, 5) is 45.3. The van der Waals surface area contributed by atoms with Gasteiger partial charge in [-0.1, -0.05) is 18.7 Å². The molecule has 2 aromatic rings. The Hall–Kier alpha value is -3.00. The topological polar surface area (TPSA) is 82.6 Å². The van der Waals surface area contributed by atoms with Crippen molar-refractivity contribution in [1.29, 1.82) is 0 Å². The molecule has 0 bridgehead atoms. The number of piperazine rings is 1. The van der Waals surface area contributed by atoms with E-state index >= 15 is 0 Å².